The zero-order valence-electron chi connectivity index (χ0n) is 9.54. The molecule has 2 rings (SSSR count). The Morgan fingerprint density at radius 3 is 2.88 bits per heavy atom. The Balaban J connectivity index is 2.49. The monoisotopic (exact) mass is 220 g/mol. The second kappa shape index (κ2) is 4.55. The first kappa shape index (κ1) is 11.0. The molecule has 0 atom stereocenters. The first-order valence-corrected chi connectivity index (χ1v) is 5.23. The van der Waals surface area contributed by atoms with Gasteiger partial charge in [-0.3, -0.25) is 0 Å². The fraction of sp³-hybridized carbons (Fsp3) is 0.333. The van der Waals surface area contributed by atoms with Crippen molar-refractivity contribution in [3.8, 4) is 5.75 Å². The lowest BCUT2D eigenvalue weighted by Gasteiger charge is -2.09. The summed E-state index contributed by atoms with van der Waals surface area (Å²) in [5, 5.41) is 1.11. The summed E-state index contributed by atoms with van der Waals surface area (Å²) >= 11 is 0. The Morgan fingerprint density at radius 1 is 1.38 bits per heavy atom. The molecule has 3 N–H and O–H groups in total. The van der Waals surface area contributed by atoms with Crippen LogP contribution in [0.5, 0.6) is 5.75 Å². The fourth-order valence-electron chi connectivity index (χ4n) is 1.97. The Hall–Kier alpha value is -1.52. The average Bonchev–Trinajstić information content (AvgIpc) is 2.65. The highest BCUT2D eigenvalue weighted by Gasteiger charge is 2.09. The number of ether oxygens (including phenoxy) is 1. The van der Waals surface area contributed by atoms with Crippen LogP contribution in [0, 0.1) is 6.92 Å². The molecule has 4 nitrogen and oxygen atoms in total. The molecule has 0 aliphatic carbocycles. The molecular formula is C12H16N2O2. The number of hydrogen-bond donors (Lipinski definition) is 2. The van der Waals surface area contributed by atoms with Crippen molar-refractivity contribution in [1.29, 1.82) is 0 Å². The maximum atomic E-state index is 5.45. The number of nitrogens with one attached hydrogen (secondary N) is 1. The molecule has 0 radical (unpaired) electrons. The van der Waals surface area contributed by atoms with E-state index in [0.29, 0.717) is 6.61 Å². The van der Waals surface area contributed by atoms with Gasteiger partial charge in [0, 0.05) is 23.0 Å². The van der Waals surface area contributed by atoms with Crippen LogP contribution in [-0.2, 0) is 11.3 Å². The van der Waals surface area contributed by atoms with Crippen molar-refractivity contribution in [2.24, 2.45) is 5.90 Å². The van der Waals surface area contributed by atoms with E-state index in [4.69, 9.17) is 10.6 Å². The molecule has 0 aliphatic heterocycles. The molecule has 1 aromatic heterocycles. The van der Waals surface area contributed by atoms with Gasteiger partial charge in [-0.15, -0.1) is 0 Å². The van der Waals surface area contributed by atoms with E-state index in [9.17, 15) is 0 Å². The Bertz CT molecular complexity index is 491. The lowest BCUT2D eigenvalue weighted by atomic mass is 10.1. The van der Waals surface area contributed by atoms with E-state index in [0.717, 1.165) is 34.3 Å². The van der Waals surface area contributed by atoms with Gasteiger partial charge in [-0.1, -0.05) is 6.07 Å². The van der Waals surface area contributed by atoms with Crippen LogP contribution in [0.15, 0.2) is 18.2 Å². The van der Waals surface area contributed by atoms with Crippen LogP contribution in [0.2, 0.25) is 0 Å². The van der Waals surface area contributed by atoms with Gasteiger partial charge in [0.1, 0.15) is 5.75 Å². The maximum absolute atomic E-state index is 5.45. The van der Waals surface area contributed by atoms with E-state index in [1.165, 1.54) is 0 Å². The molecule has 1 aromatic carbocycles. The summed E-state index contributed by atoms with van der Waals surface area (Å²) in [7, 11) is 1.68. The summed E-state index contributed by atoms with van der Waals surface area (Å²) in [5.74, 6) is 5.94. The third-order valence-electron chi connectivity index (χ3n) is 2.66. The minimum atomic E-state index is 0.491. The maximum Gasteiger partial charge on any atom is 0.131 e. The van der Waals surface area contributed by atoms with Crippen molar-refractivity contribution in [1.82, 2.24) is 4.98 Å². The standard InChI is InChI=1S/C12H16N2O2/c1-8-7-10-11(14-8)4-3-9(5-6-16-13)12(10)15-2/h3-4,7,14H,5-6,13H2,1-2H3. The van der Waals surface area contributed by atoms with Gasteiger partial charge in [0.2, 0.25) is 0 Å². The number of nitrogens with two attached hydrogens (primary N) is 1. The minimum absolute atomic E-state index is 0.491. The largest absolute Gasteiger partial charge is 0.496 e. The summed E-state index contributed by atoms with van der Waals surface area (Å²) < 4.78 is 5.45. The van der Waals surface area contributed by atoms with Gasteiger partial charge < -0.3 is 14.6 Å². The average molecular weight is 220 g/mol. The first-order chi connectivity index (χ1) is 7.76. The second-order valence-corrected chi connectivity index (χ2v) is 3.79. The van der Waals surface area contributed by atoms with Crippen molar-refractivity contribution in [3.63, 3.8) is 0 Å². The van der Waals surface area contributed by atoms with E-state index in [2.05, 4.69) is 22.0 Å². The molecule has 0 aliphatic rings. The van der Waals surface area contributed by atoms with Crippen LogP contribution in [0.4, 0.5) is 0 Å². The number of rotatable bonds is 4. The van der Waals surface area contributed by atoms with Crippen LogP contribution in [0.25, 0.3) is 10.9 Å². The number of benzene rings is 1. The smallest absolute Gasteiger partial charge is 0.131 e. The molecule has 0 fully saturated rings. The molecule has 86 valence electrons. The SMILES string of the molecule is COc1c(CCON)ccc2[nH]c(C)cc12. The number of hydrogen-bond acceptors (Lipinski definition) is 3. The Kier molecular flexibility index (Phi) is 3.12. The first-order valence-electron chi connectivity index (χ1n) is 5.23. The van der Waals surface area contributed by atoms with E-state index in [-0.39, 0.29) is 0 Å². The van der Waals surface area contributed by atoms with Crippen molar-refractivity contribution < 1.29 is 9.57 Å². The highest BCUT2D eigenvalue weighted by atomic mass is 16.6. The lowest BCUT2D eigenvalue weighted by molar-refractivity contribution is 0.141. The molecule has 0 bridgehead atoms. The van der Waals surface area contributed by atoms with Gasteiger partial charge in [-0.25, -0.2) is 5.90 Å². The molecule has 16 heavy (non-hydrogen) atoms. The molecule has 0 saturated heterocycles. The topological polar surface area (TPSA) is 60.3 Å². The van der Waals surface area contributed by atoms with Gasteiger partial charge in [0.15, 0.2) is 0 Å². The molecule has 2 aromatic rings. The molecule has 0 unspecified atom stereocenters. The summed E-state index contributed by atoms with van der Waals surface area (Å²) in [6.45, 7) is 2.52. The van der Waals surface area contributed by atoms with Crippen LogP contribution < -0.4 is 10.6 Å². The highest BCUT2D eigenvalue weighted by molar-refractivity contribution is 5.88. The molecule has 1 heterocycles. The molecule has 0 spiro atoms. The van der Waals surface area contributed by atoms with E-state index in [1.807, 2.05) is 13.0 Å². The van der Waals surface area contributed by atoms with E-state index < -0.39 is 0 Å². The Labute approximate surface area is 94.3 Å². The number of methoxy groups -OCH3 is 1. The van der Waals surface area contributed by atoms with Gasteiger partial charge in [-0.05, 0) is 24.6 Å². The molecule has 4 heteroatoms. The molecule has 0 saturated carbocycles. The van der Waals surface area contributed by atoms with Crippen molar-refractivity contribution in [3.05, 3.63) is 29.5 Å². The normalized spacial score (nSPS) is 10.9. The van der Waals surface area contributed by atoms with Crippen molar-refractivity contribution in [2.45, 2.75) is 13.3 Å². The van der Waals surface area contributed by atoms with E-state index in [1.54, 1.807) is 7.11 Å². The zero-order valence-corrected chi connectivity index (χ0v) is 9.54. The summed E-state index contributed by atoms with van der Waals surface area (Å²) in [4.78, 5) is 7.88. The highest BCUT2D eigenvalue weighted by Crippen LogP contribution is 2.30. The molecular weight excluding hydrogens is 204 g/mol. The fourth-order valence-corrected chi connectivity index (χ4v) is 1.97. The summed E-state index contributed by atoms with van der Waals surface area (Å²) in [6.07, 6.45) is 0.750. The van der Waals surface area contributed by atoms with Gasteiger partial charge in [-0.2, -0.15) is 0 Å². The number of aryl methyl sites for hydroxylation is 1. The lowest BCUT2D eigenvalue weighted by Crippen LogP contribution is -2.04. The third-order valence-corrected chi connectivity index (χ3v) is 2.66. The van der Waals surface area contributed by atoms with Crippen molar-refractivity contribution >= 4 is 10.9 Å². The number of H-pyrrole nitrogens is 1. The number of fused-ring (bicyclic) bond motifs is 1. The summed E-state index contributed by atoms with van der Waals surface area (Å²) in [6, 6.07) is 6.17. The van der Waals surface area contributed by atoms with Crippen LogP contribution in [0.1, 0.15) is 11.3 Å². The number of aromatic nitrogens is 1. The minimum Gasteiger partial charge on any atom is -0.496 e. The zero-order chi connectivity index (χ0) is 11.5. The quantitative estimate of drug-likeness (QED) is 0.774. The van der Waals surface area contributed by atoms with Gasteiger partial charge in [0.25, 0.3) is 0 Å². The molecule has 0 amide bonds. The second-order valence-electron chi connectivity index (χ2n) is 3.79. The third kappa shape index (κ3) is 1.89. The van der Waals surface area contributed by atoms with Crippen LogP contribution >= 0.6 is 0 Å². The Morgan fingerprint density at radius 2 is 2.19 bits per heavy atom. The van der Waals surface area contributed by atoms with Crippen molar-refractivity contribution in [2.75, 3.05) is 13.7 Å². The predicted molar refractivity (Wildman–Crippen MR) is 63.4 cm³/mol. The van der Waals surface area contributed by atoms with Gasteiger partial charge >= 0.3 is 0 Å². The van der Waals surface area contributed by atoms with E-state index >= 15 is 0 Å². The predicted octanol–water partition coefficient (Wildman–Crippen LogP) is 1.92. The van der Waals surface area contributed by atoms with Crippen LogP contribution in [0.3, 0.4) is 0 Å². The number of aromatic amines is 1. The van der Waals surface area contributed by atoms with Gasteiger partial charge in [0.05, 0.1) is 13.7 Å². The summed E-state index contributed by atoms with van der Waals surface area (Å²) in [5.41, 5.74) is 3.33. The van der Waals surface area contributed by atoms with Crippen LogP contribution in [-0.4, -0.2) is 18.7 Å².